The standard InChI is InChI=1S/C9H21FN3O2P/c1-5-12(6-2)9(11-16(10,14)15)13(7-3)8-4/h5-8H2,1-4H3,(H,14,15). The van der Waals surface area contributed by atoms with Gasteiger partial charge in [0.25, 0.3) is 0 Å². The Balaban J connectivity index is 5.18. The summed E-state index contributed by atoms with van der Waals surface area (Å²) in [6.45, 7) is 10.0. The third kappa shape index (κ3) is 4.94. The van der Waals surface area contributed by atoms with Crippen LogP contribution in [0.5, 0.6) is 0 Å². The normalized spacial score (nSPS) is 14.1. The van der Waals surface area contributed by atoms with E-state index in [1.807, 2.05) is 27.7 Å². The molecule has 0 rings (SSSR count). The summed E-state index contributed by atoms with van der Waals surface area (Å²) >= 11 is 0. The van der Waals surface area contributed by atoms with Gasteiger partial charge in [0.15, 0.2) is 0 Å². The maximum Gasteiger partial charge on any atom is 0.492 e. The Labute approximate surface area is 96.6 Å². The molecule has 5 nitrogen and oxygen atoms in total. The van der Waals surface area contributed by atoms with Crippen LogP contribution in [0.3, 0.4) is 0 Å². The van der Waals surface area contributed by atoms with E-state index in [1.54, 1.807) is 9.80 Å². The number of halogens is 1. The molecule has 0 saturated carbocycles. The van der Waals surface area contributed by atoms with Crippen molar-refractivity contribution < 1.29 is 13.7 Å². The van der Waals surface area contributed by atoms with E-state index in [1.165, 1.54) is 0 Å². The summed E-state index contributed by atoms with van der Waals surface area (Å²) in [5.41, 5.74) is 0. The molecule has 0 aliphatic rings. The Hall–Kier alpha value is -0.610. The third-order valence-corrected chi connectivity index (χ3v) is 2.73. The lowest BCUT2D eigenvalue weighted by atomic mass is 10.4. The first kappa shape index (κ1) is 15.4. The topological polar surface area (TPSA) is 56.1 Å². The van der Waals surface area contributed by atoms with Crippen LogP contribution in [-0.2, 0) is 4.57 Å². The molecule has 16 heavy (non-hydrogen) atoms. The fourth-order valence-corrected chi connectivity index (χ4v) is 1.92. The highest BCUT2D eigenvalue weighted by molar-refractivity contribution is 7.51. The van der Waals surface area contributed by atoms with Crippen LogP contribution in [0.25, 0.3) is 0 Å². The number of hydrogen-bond donors (Lipinski definition) is 1. The summed E-state index contributed by atoms with van der Waals surface area (Å²) < 4.78 is 26.8. The summed E-state index contributed by atoms with van der Waals surface area (Å²) in [6.07, 6.45) is 0. The molecule has 0 heterocycles. The lowest BCUT2D eigenvalue weighted by Gasteiger charge is -2.31. The lowest BCUT2D eigenvalue weighted by molar-refractivity contribution is 0.348. The van der Waals surface area contributed by atoms with Crippen molar-refractivity contribution in [3.63, 3.8) is 0 Å². The van der Waals surface area contributed by atoms with Crippen LogP contribution in [0.1, 0.15) is 27.7 Å². The van der Waals surface area contributed by atoms with Gasteiger partial charge in [-0.15, -0.1) is 8.96 Å². The van der Waals surface area contributed by atoms with Crippen LogP contribution < -0.4 is 0 Å². The second-order valence-corrected chi connectivity index (χ2v) is 4.36. The lowest BCUT2D eigenvalue weighted by Crippen LogP contribution is -2.44. The predicted molar refractivity (Wildman–Crippen MR) is 64.2 cm³/mol. The minimum Gasteiger partial charge on any atom is -0.343 e. The third-order valence-electron chi connectivity index (χ3n) is 2.31. The molecule has 0 spiro atoms. The van der Waals surface area contributed by atoms with Crippen molar-refractivity contribution in [2.45, 2.75) is 27.7 Å². The van der Waals surface area contributed by atoms with Gasteiger partial charge in [-0.3, -0.25) is 0 Å². The first-order valence-electron chi connectivity index (χ1n) is 5.52. The van der Waals surface area contributed by atoms with Crippen LogP contribution in [0.4, 0.5) is 4.20 Å². The van der Waals surface area contributed by atoms with E-state index in [-0.39, 0.29) is 5.96 Å². The summed E-state index contributed by atoms with van der Waals surface area (Å²) in [7, 11) is -4.88. The molecule has 0 aromatic heterocycles. The van der Waals surface area contributed by atoms with Crippen LogP contribution in [0.2, 0.25) is 0 Å². The molecule has 1 atom stereocenters. The molecule has 96 valence electrons. The number of nitrogens with zero attached hydrogens (tertiary/aromatic N) is 3. The predicted octanol–water partition coefficient (Wildman–Crippen LogP) is 2.10. The van der Waals surface area contributed by atoms with Gasteiger partial charge < -0.3 is 14.7 Å². The fourth-order valence-electron chi connectivity index (χ4n) is 1.45. The van der Waals surface area contributed by atoms with Gasteiger partial charge in [-0.05, 0) is 27.7 Å². The molecule has 0 aromatic carbocycles. The maximum atomic E-state index is 12.8. The highest BCUT2D eigenvalue weighted by Crippen LogP contribution is 2.44. The molecule has 0 amide bonds. The van der Waals surface area contributed by atoms with E-state index in [2.05, 4.69) is 4.76 Å². The Morgan fingerprint density at radius 3 is 1.62 bits per heavy atom. The number of guanidine groups is 1. The van der Waals surface area contributed by atoms with Crippen molar-refractivity contribution in [3.05, 3.63) is 0 Å². The minimum absolute atomic E-state index is 0.253. The first-order valence-corrected chi connectivity index (χ1v) is 7.02. The zero-order valence-corrected chi connectivity index (χ0v) is 11.2. The summed E-state index contributed by atoms with van der Waals surface area (Å²) in [4.78, 5) is 12.2. The van der Waals surface area contributed by atoms with Gasteiger partial charge in [-0.2, -0.15) is 0 Å². The molecule has 0 aromatic rings. The van der Waals surface area contributed by atoms with Crippen LogP contribution in [0.15, 0.2) is 4.76 Å². The average Bonchev–Trinajstić information content (AvgIpc) is 2.19. The molecule has 1 unspecified atom stereocenters. The van der Waals surface area contributed by atoms with E-state index in [0.717, 1.165) is 0 Å². The number of hydrogen-bond acceptors (Lipinski definition) is 1. The Morgan fingerprint density at radius 1 is 1.12 bits per heavy atom. The molecule has 0 bridgehead atoms. The first-order chi connectivity index (χ1) is 7.39. The van der Waals surface area contributed by atoms with Crippen LogP contribution >= 0.6 is 7.83 Å². The van der Waals surface area contributed by atoms with Gasteiger partial charge in [0.05, 0.1) is 0 Å². The van der Waals surface area contributed by atoms with Crippen molar-refractivity contribution in [1.82, 2.24) is 9.80 Å². The van der Waals surface area contributed by atoms with Gasteiger partial charge in [0.1, 0.15) is 0 Å². The van der Waals surface area contributed by atoms with E-state index < -0.39 is 7.83 Å². The Morgan fingerprint density at radius 2 is 1.44 bits per heavy atom. The highest BCUT2D eigenvalue weighted by atomic mass is 31.2. The molecule has 0 radical (unpaired) electrons. The Kier molecular flexibility index (Phi) is 6.60. The minimum atomic E-state index is -4.88. The van der Waals surface area contributed by atoms with Crippen LogP contribution in [-0.4, -0.2) is 46.8 Å². The molecular formula is C9H21FN3O2P. The molecule has 0 aliphatic heterocycles. The summed E-state index contributed by atoms with van der Waals surface area (Å²) in [6, 6.07) is 0. The van der Waals surface area contributed by atoms with Gasteiger partial charge in [-0.1, -0.05) is 0 Å². The van der Waals surface area contributed by atoms with Gasteiger partial charge in [0, 0.05) is 26.2 Å². The van der Waals surface area contributed by atoms with Crippen molar-refractivity contribution in [2.24, 2.45) is 4.76 Å². The monoisotopic (exact) mass is 253 g/mol. The fraction of sp³-hybridized carbons (Fsp3) is 0.889. The van der Waals surface area contributed by atoms with E-state index in [9.17, 15) is 8.76 Å². The second kappa shape index (κ2) is 6.86. The van der Waals surface area contributed by atoms with Gasteiger partial charge >= 0.3 is 7.83 Å². The van der Waals surface area contributed by atoms with Gasteiger partial charge in [0.2, 0.25) is 5.96 Å². The van der Waals surface area contributed by atoms with E-state index in [4.69, 9.17) is 4.89 Å². The van der Waals surface area contributed by atoms with Gasteiger partial charge in [-0.25, -0.2) is 4.57 Å². The SMILES string of the molecule is CCN(CC)C(=NP(=O)(O)F)N(CC)CC. The number of rotatable bonds is 5. The Bertz CT molecular complexity index is 258. The van der Waals surface area contributed by atoms with Crippen molar-refractivity contribution in [3.8, 4) is 0 Å². The molecular weight excluding hydrogens is 232 g/mol. The largest absolute Gasteiger partial charge is 0.492 e. The average molecular weight is 253 g/mol. The smallest absolute Gasteiger partial charge is 0.343 e. The van der Waals surface area contributed by atoms with E-state index in [0.29, 0.717) is 26.2 Å². The zero-order chi connectivity index (χ0) is 12.8. The van der Waals surface area contributed by atoms with E-state index >= 15 is 0 Å². The summed E-state index contributed by atoms with van der Waals surface area (Å²) in [5.74, 6) is 0.253. The zero-order valence-electron chi connectivity index (χ0n) is 10.4. The highest BCUT2D eigenvalue weighted by Gasteiger charge is 2.21. The molecule has 1 N–H and O–H groups in total. The molecule has 0 fully saturated rings. The summed E-state index contributed by atoms with van der Waals surface area (Å²) in [5, 5.41) is 0. The quantitative estimate of drug-likeness (QED) is 0.463. The van der Waals surface area contributed by atoms with Crippen LogP contribution in [0, 0.1) is 0 Å². The van der Waals surface area contributed by atoms with Crippen molar-refractivity contribution in [2.75, 3.05) is 26.2 Å². The second-order valence-electron chi connectivity index (χ2n) is 3.22. The maximum absolute atomic E-state index is 12.8. The molecule has 7 heteroatoms. The van der Waals surface area contributed by atoms with Crippen molar-refractivity contribution >= 4 is 13.8 Å². The van der Waals surface area contributed by atoms with Crippen molar-refractivity contribution in [1.29, 1.82) is 0 Å². The molecule has 0 aliphatic carbocycles. The molecule has 0 saturated heterocycles.